The zero-order valence-corrected chi connectivity index (χ0v) is 10.5. The third kappa shape index (κ3) is 2.25. The lowest BCUT2D eigenvalue weighted by Crippen LogP contribution is -2.39. The van der Waals surface area contributed by atoms with Crippen molar-refractivity contribution >= 4 is 11.6 Å². The lowest BCUT2D eigenvalue weighted by atomic mass is 9.87. The van der Waals surface area contributed by atoms with E-state index in [2.05, 4.69) is 5.32 Å². The van der Waals surface area contributed by atoms with Gasteiger partial charge >= 0.3 is 0 Å². The molecule has 0 bridgehead atoms. The second-order valence-electron chi connectivity index (χ2n) is 4.89. The fourth-order valence-electron chi connectivity index (χ4n) is 2.61. The first-order valence-corrected chi connectivity index (χ1v) is 6.45. The van der Waals surface area contributed by atoms with Gasteiger partial charge in [0.1, 0.15) is 0 Å². The molecule has 2 aromatic rings. The summed E-state index contributed by atoms with van der Waals surface area (Å²) in [6, 6.07) is 17.4. The van der Waals surface area contributed by atoms with Gasteiger partial charge in [0.05, 0.1) is 6.04 Å². The first-order chi connectivity index (χ1) is 9.25. The van der Waals surface area contributed by atoms with Gasteiger partial charge in [0.25, 0.3) is 0 Å². The highest BCUT2D eigenvalue weighted by Gasteiger charge is 2.30. The van der Waals surface area contributed by atoms with Crippen molar-refractivity contribution in [3.8, 4) is 0 Å². The molecule has 0 aliphatic carbocycles. The van der Waals surface area contributed by atoms with Crippen LogP contribution in [0.1, 0.15) is 17.0 Å². The maximum absolute atomic E-state index is 12.1. The normalized spacial score (nSPS) is 22.3. The molecular formula is C16H16N2O. The Balaban J connectivity index is 2.03. The van der Waals surface area contributed by atoms with Gasteiger partial charge < -0.3 is 11.1 Å². The molecule has 0 fully saturated rings. The van der Waals surface area contributed by atoms with Crippen molar-refractivity contribution in [2.45, 2.75) is 18.4 Å². The van der Waals surface area contributed by atoms with E-state index in [1.807, 2.05) is 54.6 Å². The van der Waals surface area contributed by atoms with Crippen LogP contribution in [0.3, 0.4) is 0 Å². The van der Waals surface area contributed by atoms with E-state index < -0.39 is 6.04 Å². The third-order valence-corrected chi connectivity index (χ3v) is 3.68. The number of rotatable bonds is 1. The van der Waals surface area contributed by atoms with Crippen LogP contribution in [0.25, 0.3) is 0 Å². The second kappa shape index (κ2) is 4.86. The summed E-state index contributed by atoms with van der Waals surface area (Å²) >= 11 is 0. The molecule has 96 valence electrons. The molecule has 3 rings (SSSR count). The number of para-hydroxylation sites is 1. The highest BCUT2D eigenvalue weighted by atomic mass is 16.2. The molecule has 0 saturated heterocycles. The quantitative estimate of drug-likeness (QED) is 0.818. The average Bonchev–Trinajstić information content (AvgIpc) is 2.58. The van der Waals surface area contributed by atoms with Gasteiger partial charge in [0.2, 0.25) is 5.91 Å². The van der Waals surface area contributed by atoms with Crippen LogP contribution in [0.2, 0.25) is 0 Å². The molecular weight excluding hydrogens is 236 g/mol. The standard InChI is InChI=1S/C16H16N2O/c17-15-13(11-6-2-1-3-7-11)10-12-8-4-5-9-14(12)18-16(15)19/h1-9,13,15H,10,17H2,(H,18,19)/t13-,15+/m1/s1. The van der Waals surface area contributed by atoms with Crippen molar-refractivity contribution in [1.82, 2.24) is 0 Å². The number of hydrogen-bond donors (Lipinski definition) is 2. The summed E-state index contributed by atoms with van der Waals surface area (Å²) in [5.41, 5.74) is 9.25. The zero-order chi connectivity index (χ0) is 13.2. The molecule has 1 amide bonds. The average molecular weight is 252 g/mol. The number of anilines is 1. The van der Waals surface area contributed by atoms with Gasteiger partial charge in [-0.15, -0.1) is 0 Å². The van der Waals surface area contributed by atoms with Crippen molar-refractivity contribution in [2.75, 3.05) is 5.32 Å². The van der Waals surface area contributed by atoms with Gasteiger partial charge in [0.15, 0.2) is 0 Å². The van der Waals surface area contributed by atoms with Gasteiger partial charge in [-0.1, -0.05) is 48.5 Å². The SMILES string of the molecule is N[C@@H]1C(=O)Nc2ccccc2C[C@@H]1c1ccccc1. The fraction of sp³-hybridized carbons (Fsp3) is 0.188. The summed E-state index contributed by atoms with van der Waals surface area (Å²) in [7, 11) is 0. The number of hydrogen-bond acceptors (Lipinski definition) is 2. The molecule has 2 atom stereocenters. The monoisotopic (exact) mass is 252 g/mol. The smallest absolute Gasteiger partial charge is 0.241 e. The molecule has 1 heterocycles. The fourth-order valence-corrected chi connectivity index (χ4v) is 2.61. The van der Waals surface area contributed by atoms with Gasteiger partial charge in [-0.3, -0.25) is 4.79 Å². The Labute approximate surface area is 112 Å². The van der Waals surface area contributed by atoms with Gasteiger partial charge in [-0.05, 0) is 23.6 Å². The van der Waals surface area contributed by atoms with E-state index in [1.165, 1.54) is 0 Å². The summed E-state index contributed by atoms with van der Waals surface area (Å²) in [6.45, 7) is 0. The molecule has 3 heteroatoms. The maximum Gasteiger partial charge on any atom is 0.241 e. The highest BCUT2D eigenvalue weighted by Crippen LogP contribution is 2.30. The Morgan fingerprint density at radius 2 is 1.68 bits per heavy atom. The molecule has 3 nitrogen and oxygen atoms in total. The van der Waals surface area contributed by atoms with Gasteiger partial charge in [-0.2, -0.15) is 0 Å². The lowest BCUT2D eigenvalue weighted by molar-refractivity contribution is -0.117. The molecule has 1 aliphatic heterocycles. The summed E-state index contributed by atoms with van der Waals surface area (Å²) in [6.07, 6.45) is 0.778. The largest absolute Gasteiger partial charge is 0.324 e. The topological polar surface area (TPSA) is 55.1 Å². The summed E-state index contributed by atoms with van der Waals surface area (Å²) < 4.78 is 0. The van der Waals surface area contributed by atoms with Crippen LogP contribution in [0, 0.1) is 0 Å². The first kappa shape index (κ1) is 11.9. The first-order valence-electron chi connectivity index (χ1n) is 6.45. The minimum atomic E-state index is -0.519. The van der Waals surface area contributed by atoms with E-state index in [4.69, 9.17) is 5.73 Å². The number of carbonyl (C=O) groups excluding carboxylic acids is 1. The van der Waals surface area contributed by atoms with Crippen LogP contribution in [0.4, 0.5) is 5.69 Å². The van der Waals surface area contributed by atoms with Crippen molar-refractivity contribution in [1.29, 1.82) is 0 Å². The Morgan fingerprint density at radius 1 is 1.00 bits per heavy atom. The van der Waals surface area contributed by atoms with Crippen molar-refractivity contribution in [3.05, 3.63) is 65.7 Å². The number of amides is 1. The highest BCUT2D eigenvalue weighted by molar-refractivity contribution is 5.97. The lowest BCUT2D eigenvalue weighted by Gasteiger charge is -2.20. The van der Waals surface area contributed by atoms with E-state index in [0.29, 0.717) is 0 Å². The van der Waals surface area contributed by atoms with Gasteiger partial charge in [-0.25, -0.2) is 0 Å². The maximum atomic E-state index is 12.1. The van der Waals surface area contributed by atoms with Gasteiger partial charge in [0, 0.05) is 11.6 Å². The van der Waals surface area contributed by atoms with E-state index in [9.17, 15) is 4.79 Å². The van der Waals surface area contributed by atoms with E-state index in [0.717, 1.165) is 23.2 Å². The van der Waals surface area contributed by atoms with Crippen LogP contribution in [0.5, 0.6) is 0 Å². The van der Waals surface area contributed by atoms with Crippen LogP contribution in [-0.2, 0) is 11.2 Å². The summed E-state index contributed by atoms with van der Waals surface area (Å²) in [5, 5.41) is 2.91. The second-order valence-corrected chi connectivity index (χ2v) is 4.89. The Kier molecular flexibility index (Phi) is 3.05. The molecule has 0 unspecified atom stereocenters. The van der Waals surface area contributed by atoms with Crippen LogP contribution >= 0.6 is 0 Å². The van der Waals surface area contributed by atoms with Crippen molar-refractivity contribution in [3.63, 3.8) is 0 Å². The van der Waals surface area contributed by atoms with E-state index in [-0.39, 0.29) is 11.8 Å². The minimum absolute atomic E-state index is 0.0184. The molecule has 1 aliphatic rings. The Morgan fingerprint density at radius 3 is 2.47 bits per heavy atom. The predicted molar refractivity (Wildman–Crippen MR) is 75.9 cm³/mol. The summed E-state index contributed by atoms with van der Waals surface area (Å²) in [4.78, 5) is 12.1. The summed E-state index contributed by atoms with van der Waals surface area (Å²) in [5.74, 6) is -0.0938. The van der Waals surface area contributed by atoms with E-state index in [1.54, 1.807) is 0 Å². The molecule has 19 heavy (non-hydrogen) atoms. The van der Waals surface area contributed by atoms with Crippen LogP contribution in [0.15, 0.2) is 54.6 Å². The molecule has 0 saturated carbocycles. The third-order valence-electron chi connectivity index (χ3n) is 3.68. The predicted octanol–water partition coefficient (Wildman–Crippen LogP) is 2.29. The number of nitrogens with one attached hydrogen (secondary N) is 1. The Hall–Kier alpha value is -2.13. The van der Waals surface area contributed by atoms with Crippen molar-refractivity contribution in [2.24, 2.45) is 5.73 Å². The molecule has 2 aromatic carbocycles. The Bertz CT molecular complexity index is 595. The number of nitrogens with two attached hydrogens (primary N) is 1. The molecule has 0 spiro atoms. The zero-order valence-electron chi connectivity index (χ0n) is 10.5. The molecule has 0 radical (unpaired) electrons. The van der Waals surface area contributed by atoms with Crippen LogP contribution < -0.4 is 11.1 Å². The molecule has 3 N–H and O–H groups in total. The number of carbonyl (C=O) groups is 1. The number of benzene rings is 2. The molecule has 0 aromatic heterocycles. The van der Waals surface area contributed by atoms with Crippen molar-refractivity contribution < 1.29 is 4.79 Å². The number of fused-ring (bicyclic) bond motifs is 1. The van der Waals surface area contributed by atoms with Crippen LogP contribution in [-0.4, -0.2) is 11.9 Å². The van der Waals surface area contributed by atoms with E-state index >= 15 is 0 Å². The minimum Gasteiger partial charge on any atom is -0.324 e.